The molecule has 2 N–H and O–H groups in total. The number of anilines is 2. The molecule has 0 saturated heterocycles. The van der Waals surface area contributed by atoms with Crippen LogP contribution in [0.2, 0.25) is 0 Å². The molecule has 3 rings (SSSR count). The number of carbonyl (C=O) groups excluding carboxylic acids is 1. The van der Waals surface area contributed by atoms with Crippen molar-refractivity contribution in [3.05, 3.63) is 83.1 Å². The van der Waals surface area contributed by atoms with Crippen molar-refractivity contribution in [3.8, 4) is 0 Å². The maximum atomic E-state index is 13.2. The summed E-state index contributed by atoms with van der Waals surface area (Å²) in [5, 5.41) is 13.3. The number of hydrogen-bond acceptors (Lipinski definition) is 4. The zero-order valence-corrected chi connectivity index (χ0v) is 14.0. The highest BCUT2D eigenvalue weighted by Crippen LogP contribution is 2.17. The second kappa shape index (κ2) is 7.69. The van der Waals surface area contributed by atoms with E-state index in [4.69, 9.17) is 0 Å². The van der Waals surface area contributed by atoms with Crippen LogP contribution in [0, 0.1) is 18.6 Å². The third-order valence-corrected chi connectivity index (χ3v) is 3.62. The molecule has 0 radical (unpaired) electrons. The van der Waals surface area contributed by atoms with E-state index in [0.29, 0.717) is 18.1 Å². The Morgan fingerprint density at radius 1 is 1.00 bits per heavy atom. The first kappa shape index (κ1) is 17.5. The van der Waals surface area contributed by atoms with E-state index in [2.05, 4.69) is 20.8 Å². The van der Waals surface area contributed by atoms with Crippen molar-refractivity contribution in [2.45, 2.75) is 13.5 Å². The monoisotopic (exact) mass is 354 g/mol. The first-order valence-corrected chi connectivity index (χ1v) is 7.91. The summed E-state index contributed by atoms with van der Waals surface area (Å²) >= 11 is 0. The van der Waals surface area contributed by atoms with E-state index in [1.165, 1.54) is 18.2 Å². The largest absolute Gasteiger partial charge is 0.347 e. The molecule has 0 unspecified atom stereocenters. The van der Waals surface area contributed by atoms with Crippen LogP contribution in [0.3, 0.4) is 0 Å². The van der Waals surface area contributed by atoms with Gasteiger partial charge in [0, 0.05) is 18.3 Å². The third kappa shape index (κ3) is 4.38. The Bertz CT molecular complexity index is 929. The van der Waals surface area contributed by atoms with Crippen LogP contribution >= 0.6 is 0 Å². The van der Waals surface area contributed by atoms with E-state index in [1.807, 2.05) is 31.2 Å². The van der Waals surface area contributed by atoms with Gasteiger partial charge in [0.15, 0.2) is 23.1 Å². The molecule has 0 fully saturated rings. The molecule has 7 heteroatoms. The van der Waals surface area contributed by atoms with Crippen molar-refractivity contribution < 1.29 is 13.6 Å². The number of aryl methyl sites for hydroxylation is 1. The van der Waals surface area contributed by atoms with E-state index in [9.17, 15) is 13.6 Å². The highest BCUT2D eigenvalue weighted by molar-refractivity contribution is 5.92. The van der Waals surface area contributed by atoms with Gasteiger partial charge in [-0.1, -0.05) is 29.8 Å². The Hall–Kier alpha value is -3.35. The molecule has 2 aromatic carbocycles. The fourth-order valence-corrected chi connectivity index (χ4v) is 2.34. The average molecular weight is 354 g/mol. The maximum Gasteiger partial charge on any atom is 0.272 e. The quantitative estimate of drug-likeness (QED) is 0.733. The van der Waals surface area contributed by atoms with Crippen LogP contribution in [-0.4, -0.2) is 16.1 Å². The molecule has 0 saturated carbocycles. The van der Waals surface area contributed by atoms with E-state index < -0.39 is 11.6 Å². The molecule has 1 aromatic heterocycles. The normalized spacial score (nSPS) is 10.4. The summed E-state index contributed by atoms with van der Waals surface area (Å²) in [5.74, 6) is -1.93. The predicted octanol–water partition coefficient (Wildman–Crippen LogP) is 3.74. The van der Waals surface area contributed by atoms with E-state index in [1.54, 1.807) is 0 Å². The number of amides is 1. The van der Waals surface area contributed by atoms with E-state index in [0.717, 1.165) is 23.3 Å². The van der Waals surface area contributed by atoms with Gasteiger partial charge in [-0.3, -0.25) is 4.79 Å². The highest BCUT2D eigenvalue weighted by atomic mass is 19.2. The van der Waals surface area contributed by atoms with Gasteiger partial charge in [0.2, 0.25) is 0 Å². The van der Waals surface area contributed by atoms with Gasteiger partial charge < -0.3 is 10.6 Å². The lowest BCUT2D eigenvalue weighted by atomic mass is 10.1. The molecule has 5 nitrogen and oxygen atoms in total. The number of halogens is 2. The first-order valence-electron chi connectivity index (χ1n) is 7.91. The SMILES string of the molecule is Cc1cccc(CNC(=O)c2ccc(Nc3ccc(F)c(F)c3)nn2)c1. The van der Waals surface area contributed by atoms with Crippen molar-refractivity contribution in [1.82, 2.24) is 15.5 Å². The molecule has 0 aliphatic carbocycles. The van der Waals surface area contributed by atoms with Crippen LogP contribution in [0.4, 0.5) is 20.3 Å². The Morgan fingerprint density at radius 3 is 2.54 bits per heavy atom. The molecule has 1 heterocycles. The summed E-state index contributed by atoms with van der Waals surface area (Å²) in [5.41, 5.74) is 2.59. The average Bonchev–Trinajstić information content (AvgIpc) is 2.63. The number of aromatic nitrogens is 2. The number of benzene rings is 2. The van der Waals surface area contributed by atoms with Crippen LogP contribution in [-0.2, 0) is 6.54 Å². The fraction of sp³-hybridized carbons (Fsp3) is 0.105. The van der Waals surface area contributed by atoms with Gasteiger partial charge >= 0.3 is 0 Å². The molecule has 26 heavy (non-hydrogen) atoms. The lowest BCUT2D eigenvalue weighted by Crippen LogP contribution is -2.24. The van der Waals surface area contributed by atoms with Crippen LogP contribution in [0.1, 0.15) is 21.6 Å². The number of nitrogens with one attached hydrogen (secondary N) is 2. The summed E-state index contributed by atoms with van der Waals surface area (Å²) in [7, 11) is 0. The topological polar surface area (TPSA) is 66.9 Å². The number of hydrogen-bond donors (Lipinski definition) is 2. The van der Waals surface area contributed by atoms with Gasteiger partial charge in [-0.25, -0.2) is 8.78 Å². The molecular formula is C19H16F2N4O. The molecular weight excluding hydrogens is 338 g/mol. The molecule has 0 aliphatic heterocycles. The lowest BCUT2D eigenvalue weighted by molar-refractivity contribution is 0.0945. The van der Waals surface area contributed by atoms with Gasteiger partial charge in [0.25, 0.3) is 5.91 Å². The summed E-state index contributed by atoms with van der Waals surface area (Å²) in [6.07, 6.45) is 0. The predicted molar refractivity (Wildman–Crippen MR) is 94.0 cm³/mol. The van der Waals surface area contributed by atoms with Gasteiger partial charge in [-0.05, 0) is 36.8 Å². The minimum absolute atomic E-state index is 0.161. The standard InChI is InChI=1S/C19H16F2N4O/c1-12-3-2-4-13(9-12)11-22-19(26)17-7-8-18(25-24-17)23-14-5-6-15(20)16(21)10-14/h2-10H,11H2,1H3,(H,22,26)(H,23,25). The summed E-state index contributed by atoms with van der Waals surface area (Å²) in [6.45, 7) is 2.37. The van der Waals surface area contributed by atoms with Crippen LogP contribution in [0.15, 0.2) is 54.6 Å². The van der Waals surface area contributed by atoms with Crippen molar-refractivity contribution in [1.29, 1.82) is 0 Å². The molecule has 132 valence electrons. The van der Waals surface area contributed by atoms with Crippen LogP contribution in [0.5, 0.6) is 0 Å². The van der Waals surface area contributed by atoms with Gasteiger partial charge in [-0.15, -0.1) is 10.2 Å². The smallest absolute Gasteiger partial charge is 0.272 e. The Labute approximate surface area is 149 Å². The van der Waals surface area contributed by atoms with Crippen LogP contribution < -0.4 is 10.6 Å². The third-order valence-electron chi connectivity index (χ3n) is 3.62. The zero-order chi connectivity index (χ0) is 18.5. The zero-order valence-electron chi connectivity index (χ0n) is 14.0. The Morgan fingerprint density at radius 2 is 1.85 bits per heavy atom. The number of carbonyl (C=O) groups is 1. The molecule has 0 aliphatic rings. The second-order valence-corrected chi connectivity index (χ2v) is 5.73. The van der Waals surface area contributed by atoms with Crippen LogP contribution in [0.25, 0.3) is 0 Å². The van der Waals surface area contributed by atoms with Gasteiger partial charge in [-0.2, -0.15) is 0 Å². The minimum Gasteiger partial charge on any atom is -0.347 e. The van der Waals surface area contributed by atoms with E-state index >= 15 is 0 Å². The first-order chi connectivity index (χ1) is 12.5. The molecule has 0 spiro atoms. The molecule has 1 amide bonds. The maximum absolute atomic E-state index is 13.2. The Kier molecular flexibility index (Phi) is 5.17. The van der Waals surface area contributed by atoms with Crippen molar-refractivity contribution in [2.75, 3.05) is 5.32 Å². The molecule has 3 aromatic rings. The van der Waals surface area contributed by atoms with Gasteiger partial charge in [0.05, 0.1) is 0 Å². The van der Waals surface area contributed by atoms with Crippen molar-refractivity contribution >= 4 is 17.4 Å². The van der Waals surface area contributed by atoms with Gasteiger partial charge in [0.1, 0.15) is 0 Å². The molecule has 0 atom stereocenters. The Balaban J connectivity index is 1.61. The highest BCUT2D eigenvalue weighted by Gasteiger charge is 2.09. The molecule has 0 bridgehead atoms. The fourth-order valence-electron chi connectivity index (χ4n) is 2.34. The number of nitrogens with zero attached hydrogens (tertiary/aromatic N) is 2. The number of rotatable bonds is 5. The van der Waals surface area contributed by atoms with Crippen molar-refractivity contribution in [3.63, 3.8) is 0 Å². The minimum atomic E-state index is -0.963. The summed E-state index contributed by atoms with van der Waals surface area (Å²) in [6, 6.07) is 14.3. The summed E-state index contributed by atoms with van der Waals surface area (Å²) < 4.78 is 26.1. The second-order valence-electron chi connectivity index (χ2n) is 5.73. The lowest BCUT2D eigenvalue weighted by Gasteiger charge is -2.07. The summed E-state index contributed by atoms with van der Waals surface area (Å²) in [4.78, 5) is 12.1. The van der Waals surface area contributed by atoms with Crippen molar-refractivity contribution in [2.24, 2.45) is 0 Å². The van der Waals surface area contributed by atoms with E-state index in [-0.39, 0.29) is 11.6 Å².